The van der Waals surface area contributed by atoms with Crippen LogP contribution in [0.2, 0.25) is 0 Å². The topological polar surface area (TPSA) is 73.7 Å². The van der Waals surface area contributed by atoms with E-state index in [0.29, 0.717) is 48.2 Å². The van der Waals surface area contributed by atoms with Gasteiger partial charge in [-0.2, -0.15) is 5.10 Å². The summed E-state index contributed by atoms with van der Waals surface area (Å²) in [7, 11) is 0. The molecule has 160 valence electrons. The average molecular weight is 419 g/mol. The molecule has 0 atom stereocenters. The lowest BCUT2D eigenvalue weighted by Gasteiger charge is -2.25. The number of carbonyl (C=O) groups excluding carboxylic acids is 2. The van der Waals surface area contributed by atoms with Crippen molar-refractivity contribution >= 4 is 11.7 Å². The number of likely N-dealkylation sites (N-methyl/N-ethyl adjacent to an activating group) is 1. The summed E-state index contributed by atoms with van der Waals surface area (Å²) in [5.74, 6) is 0.183. The molecule has 31 heavy (non-hydrogen) atoms. The molecule has 0 unspecified atom stereocenters. The summed E-state index contributed by atoms with van der Waals surface area (Å²) in [6, 6.07) is 15.1. The third kappa shape index (κ3) is 3.91. The summed E-state index contributed by atoms with van der Waals surface area (Å²) in [5, 5.41) is 4.50. The van der Waals surface area contributed by atoms with Crippen molar-refractivity contribution in [3.63, 3.8) is 0 Å². The standard InChI is InChI=1S/C24H25N3O4/c1-4-26(15-18-9-8-12-20-23(18)31-14-13-30-20)24(29)22(28)21-16(2)25-27(17(21)3)19-10-6-5-7-11-19/h5-12H,4,13-15H2,1-3H3. The molecule has 0 saturated heterocycles. The van der Waals surface area contributed by atoms with Crippen LogP contribution in [-0.2, 0) is 11.3 Å². The SMILES string of the molecule is CCN(Cc1cccc2c1OCCO2)C(=O)C(=O)c1c(C)nn(-c2ccccc2)c1C. The quantitative estimate of drug-likeness (QED) is 0.452. The molecule has 3 aromatic rings. The maximum atomic E-state index is 13.2. The van der Waals surface area contributed by atoms with Gasteiger partial charge in [0.1, 0.15) is 13.2 Å². The van der Waals surface area contributed by atoms with Gasteiger partial charge < -0.3 is 14.4 Å². The predicted octanol–water partition coefficient (Wildman–Crippen LogP) is 3.49. The number of hydrogen-bond donors (Lipinski definition) is 0. The Kier molecular flexibility index (Phi) is 5.75. The molecule has 0 aliphatic carbocycles. The summed E-state index contributed by atoms with van der Waals surface area (Å²) in [4.78, 5) is 27.9. The number of hydrogen-bond acceptors (Lipinski definition) is 5. The maximum Gasteiger partial charge on any atom is 0.295 e. The van der Waals surface area contributed by atoms with E-state index in [2.05, 4.69) is 5.10 Å². The first-order valence-corrected chi connectivity index (χ1v) is 10.3. The molecule has 0 saturated carbocycles. The molecule has 0 spiro atoms. The first kappa shape index (κ1) is 20.7. The van der Waals surface area contributed by atoms with Crippen LogP contribution in [0.4, 0.5) is 0 Å². The highest BCUT2D eigenvalue weighted by Crippen LogP contribution is 2.34. The molecular weight excluding hydrogens is 394 g/mol. The van der Waals surface area contributed by atoms with E-state index in [1.807, 2.05) is 62.4 Å². The number of carbonyl (C=O) groups is 2. The molecule has 1 aliphatic rings. The minimum absolute atomic E-state index is 0.262. The van der Waals surface area contributed by atoms with Crippen LogP contribution in [0.15, 0.2) is 48.5 Å². The molecule has 0 radical (unpaired) electrons. The summed E-state index contributed by atoms with van der Waals surface area (Å²) in [6.07, 6.45) is 0. The van der Waals surface area contributed by atoms with Crippen molar-refractivity contribution in [1.82, 2.24) is 14.7 Å². The lowest BCUT2D eigenvalue weighted by atomic mass is 10.1. The van der Waals surface area contributed by atoms with Gasteiger partial charge in [0.05, 0.1) is 22.6 Å². The highest BCUT2D eigenvalue weighted by Gasteiger charge is 2.29. The normalized spacial score (nSPS) is 12.5. The fourth-order valence-electron chi connectivity index (χ4n) is 3.83. The zero-order chi connectivity index (χ0) is 22.0. The Morgan fingerprint density at radius 1 is 1.03 bits per heavy atom. The van der Waals surface area contributed by atoms with Crippen LogP contribution in [0.3, 0.4) is 0 Å². The van der Waals surface area contributed by atoms with Gasteiger partial charge in [0.25, 0.3) is 11.7 Å². The largest absolute Gasteiger partial charge is 0.486 e. The predicted molar refractivity (Wildman–Crippen MR) is 116 cm³/mol. The summed E-state index contributed by atoms with van der Waals surface area (Å²) in [6.45, 7) is 7.02. The van der Waals surface area contributed by atoms with Crippen LogP contribution in [0, 0.1) is 13.8 Å². The van der Waals surface area contributed by atoms with Crippen LogP contribution in [0.5, 0.6) is 11.5 Å². The highest BCUT2D eigenvalue weighted by atomic mass is 16.6. The highest BCUT2D eigenvalue weighted by molar-refractivity contribution is 6.43. The van der Waals surface area contributed by atoms with Gasteiger partial charge in [-0.1, -0.05) is 30.3 Å². The van der Waals surface area contributed by atoms with E-state index >= 15 is 0 Å². The number of ether oxygens (including phenoxy) is 2. The van der Waals surface area contributed by atoms with Gasteiger partial charge in [0.2, 0.25) is 0 Å². The van der Waals surface area contributed by atoms with Crippen molar-refractivity contribution in [3.05, 3.63) is 71.0 Å². The maximum absolute atomic E-state index is 13.2. The molecular formula is C24H25N3O4. The molecule has 7 nitrogen and oxygen atoms in total. The number of rotatable bonds is 6. The molecule has 2 heterocycles. The molecule has 1 amide bonds. The van der Waals surface area contributed by atoms with Crippen LogP contribution in [-0.4, -0.2) is 46.1 Å². The molecule has 0 fully saturated rings. The first-order valence-electron chi connectivity index (χ1n) is 10.3. The van der Waals surface area contributed by atoms with E-state index in [9.17, 15) is 9.59 Å². The lowest BCUT2D eigenvalue weighted by molar-refractivity contribution is -0.126. The van der Waals surface area contributed by atoms with Gasteiger partial charge in [-0.05, 0) is 39.0 Å². The van der Waals surface area contributed by atoms with Crippen LogP contribution >= 0.6 is 0 Å². The minimum atomic E-state index is -0.560. The van der Waals surface area contributed by atoms with E-state index < -0.39 is 11.7 Å². The number of aromatic nitrogens is 2. The first-order chi connectivity index (χ1) is 15.0. The Morgan fingerprint density at radius 3 is 2.52 bits per heavy atom. The Balaban J connectivity index is 1.61. The zero-order valence-corrected chi connectivity index (χ0v) is 17.9. The number of amides is 1. The average Bonchev–Trinajstić information content (AvgIpc) is 3.11. The molecule has 4 rings (SSSR count). The number of ketones is 1. The number of para-hydroxylation sites is 2. The van der Waals surface area contributed by atoms with Crippen molar-refractivity contribution in [2.45, 2.75) is 27.3 Å². The van der Waals surface area contributed by atoms with Crippen molar-refractivity contribution in [1.29, 1.82) is 0 Å². The second-order valence-corrected chi connectivity index (χ2v) is 7.38. The zero-order valence-electron chi connectivity index (χ0n) is 17.9. The third-order valence-electron chi connectivity index (χ3n) is 5.39. The fourth-order valence-corrected chi connectivity index (χ4v) is 3.83. The second-order valence-electron chi connectivity index (χ2n) is 7.38. The second kappa shape index (κ2) is 8.63. The van der Waals surface area contributed by atoms with Crippen molar-refractivity contribution < 1.29 is 19.1 Å². The van der Waals surface area contributed by atoms with E-state index in [-0.39, 0.29) is 6.54 Å². The van der Waals surface area contributed by atoms with Crippen molar-refractivity contribution in [3.8, 4) is 17.2 Å². The number of benzene rings is 2. The van der Waals surface area contributed by atoms with Crippen molar-refractivity contribution in [2.24, 2.45) is 0 Å². The van der Waals surface area contributed by atoms with Gasteiger partial charge in [0, 0.05) is 18.7 Å². The van der Waals surface area contributed by atoms with Crippen LogP contribution in [0.25, 0.3) is 5.69 Å². The van der Waals surface area contributed by atoms with Gasteiger partial charge in [0.15, 0.2) is 11.5 Å². The Bertz CT molecular complexity index is 1120. The van der Waals surface area contributed by atoms with E-state index in [1.54, 1.807) is 11.6 Å². The third-order valence-corrected chi connectivity index (χ3v) is 5.39. The van der Waals surface area contributed by atoms with Gasteiger partial charge >= 0.3 is 0 Å². The van der Waals surface area contributed by atoms with Crippen molar-refractivity contribution in [2.75, 3.05) is 19.8 Å². The molecule has 0 N–H and O–H groups in total. The smallest absolute Gasteiger partial charge is 0.295 e. The number of Topliss-reactive ketones (excluding diaryl/α,β-unsaturated/α-hetero) is 1. The Hall–Kier alpha value is -3.61. The van der Waals surface area contributed by atoms with E-state index in [1.165, 1.54) is 4.90 Å². The Labute approximate surface area is 181 Å². The van der Waals surface area contributed by atoms with Gasteiger partial charge in [-0.3, -0.25) is 9.59 Å². The molecule has 1 aliphatic heterocycles. The summed E-state index contributed by atoms with van der Waals surface area (Å²) >= 11 is 0. The molecule has 1 aromatic heterocycles. The number of fused-ring (bicyclic) bond motifs is 1. The molecule has 0 bridgehead atoms. The van der Waals surface area contributed by atoms with E-state index in [0.717, 1.165) is 11.3 Å². The Morgan fingerprint density at radius 2 is 1.77 bits per heavy atom. The van der Waals surface area contributed by atoms with Crippen LogP contribution < -0.4 is 9.47 Å². The lowest BCUT2D eigenvalue weighted by Crippen LogP contribution is -2.36. The summed E-state index contributed by atoms with van der Waals surface area (Å²) < 4.78 is 13.1. The number of nitrogens with zero attached hydrogens (tertiary/aromatic N) is 3. The number of aryl methyl sites for hydroxylation is 1. The monoisotopic (exact) mass is 419 g/mol. The van der Waals surface area contributed by atoms with Crippen LogP contribution in [0.1, 0.15) is 34.2 Å². The van der Waals surface area contributed by atoms with E-state index in [4.69, 9.17) is 9.47 Å². The van der Waals surface area contributed by atoms with Gasteiger partial charge in [-0.25, -0.2) is 4.68 Å². The molecule has 7 heteroatoms. The minimum Gasteiger partial charge on any atom is -0.486 e. The van der Waals surface area contributed by atoms with Gasteiger partial charge in [-0.15, -0.1) is 0 Å². The fraction of sp³-hybridized carbons (Fsp3) is 0.292. The summed E-state index contributed by atoms with van der Waals surface area (Å²) in [5.41, 5.74) is 3.18. The molecule has 2 aromatic carbocycles.